The molecule has 1 aromatic carbocycles. The zero-order valence-electron chi connectivity index (χ0n) is 12.4. The summed E-state index contributed by atoms with van der Waals surface area (Å²) in [6, 6.07) is 1.88. The van der Waals surface area contributed by atoms with Gasteiger partial charge in [0, 0.05) is 25.8 Å². The summed E-state index contributed by atoms with van der Waals surface area (Å²) in [6.45, 7) is 7.15. The van der Waals surface area contributed by atoms with Crippen molar-refractivity contribution >= 4 is 5.91 Å². The van der Waals surface area contributed by atoms with Gasteiger partial charge in [0.1, 0.15) is 5.75 Å². The number of amides is 1. The molecule has 1 N–H and O–H groups in total. The summed E-state index contributed by atoms with van der Waals surface area (Å²) >= 11 is 0. The van der Waals surface area contributed by atoms with Crippen LogP contribution in [0, 0.1) is 20.8 Å². The second-order valence-corrected chi connectivity index (χ2v) is 4.63. The van der Waals surface area contributed by atoms with Crippen molar-refractivity contribution in [2.45, 2.75) is 27.2 Å². The number of benzene rings is 1. The van der Waals surface area contributed by atoms with Gasteiger partial charge in [-0.05, 0) is 49.9 Å². The molecule has 106 valence electrons. The molecule has 1 aromatic rings. The molecule has 1 amide bonds. The fourth-order valence-corrected chi connectivity index (χ4v) is 2.12. The fraction of sp³-hybridized carbons (Fsp3) is 0.533. The number of ether oxygens (including phenoxy) is 2. The Balaban J connectivity index is 2.86. The maximum atomic E-state index is 12.1. The molecule has 0 heterocycles. The van der Waals surface area contributed by atoms with Crippen LogP contribution in [-0.4, -0.2) is 33.3 Å². The lowest BCUT2D eigenvalue weighted by molar-refractivity contribution is 0.0948. The van der Waals surface area contributed by atoms with Crippen LogP contribution in [0.3, 0.4) is 0 Å². The van der Waals surface area contributed by atoms with E-state index in [1.165, 1.54) is 0 Å². The van der Waals surface area contributed by atoms with Crippen molar-refractivity contribution in [2.75, 3.05) is 27.4 Å². The highest BCUT2D eigenvalue weighted by atomic mass is 16.5. The lowest BCUT2D eigenvalue weighted by atomic mass is 9.98. The van der Waals surface area contributed by atoms with Gasteiger partial charge in [0.25, 0.3) is 5.91 Å². The number of carbonyl (C=O) groups excluding carboxylic acids is 1. The quantitative estimate of drug-likeness (QED) is 0.803. The van der Waals surface area contributed by atoms with Gasteiger partial charge in [0.2, 0.25) is 0 Å². The molecule has 0 aliphatic carbocycles. The summed E-state index contributed by atoms with van der Waals surface area (Å²) < 4.78 is 10.3. The summed E-state index contributed by atoms with van der Waals surface area (Å²) in [7, 11) is 3.31. The molecule has 0 radical (unpaired) electrons. The molecule has 0 saturated heterocycles. The first-order valence-corrected chi connectivity index (χ1v) is 6.44. The lowest BCUT2D eigenvalue weighted by Crippen LogP contribution is -2.26. The predicted octanol–water partition coefficient (Wildman–Crippen LogP) is 2.39. The molecule has 0 bridgehead atoms. The van der Waals surface area contributed by atoms with Crippen LogP contribution < -0.4 is 10.1 Å². The van der Waals surface area contributed by atoms with Crippen molar-refractivity contribution in [3.05, 3.63) is 28.3 Å². The van der Waals surface area contributed by atoms with Crippen LogP contribution in [0.5, 0.6) is 5.75 Å². The molecule has 19 heavy (non-hydrogen) atoms. The Hall–Kier alpha value is -1.55. The number of hydrogen-bond acceptors (Lipinski definition) is 3. The van der Waals surface area contributed by atoms with E-state index in [0.29, 0.717) is 18.7 Å². The minimum absolute atomic E-state index is 0.0394. The highest BCUT2D eigenvalue weighted by Crippen LogP contribution is 2.28. The molecule has 0 saturated carbocycles. The first kappa shape index (κ1) is 15.5. The van der Waals surface area contributed by atoms with Crippen LogP contribution in [0.4, 0.5) is 0 Å². The number of aryl methyl sites for hydroxylation is 1. The third-order valence-electron chi connectivity index (χ3n) is 3.29. The van der Waals surface area contributed by atoms with Crippen molar-refractivity contribution in [3.8, 4) is 5.75 Å². The molecule has 0 aromatic heterocycles. The Morgan fingerprint density at radius 3 is 2.47 bits per heavy atom. The summed E-state index contributed by atoms with van der Waals surface area (Å²) in [4.78, 5) is 12.1. The molecule has 1 rings (SSSR count). The Morgan fingerprint density at radius 2 is 1.89 bits per heavy atom. The van der Waals surface area contributed by atoms with E-state index >= 15 is 0 Å². The van der Waals surface area contributed by atoms with Crippen LogP contribution in [0.15, 0.2) is 6.07 Å². The van der Waals surface area contributed by atoms with Crippen LogP contribution in [0.1, 0.15) is 33.5 Å². The zero-order valence-corrected chi connectivity index (χ0v) is 12.4. The number of nitrogens with one attached hydrogen (secondary N) is 1. The van der Waals surface area contributed by atoms with Crippen LogP contribution in [-0.2, 0) is 4.74 Å². The molecule has 4 heteroatoms. The lowest BCUT2D eigenvalue weighted by Gasteiger charge is -2.15. The minimum Gasteiger partial charge on any atom is -0.496 e. The van der Waals surface area contributed by atoms with Gasteiger partial charge in [-0.25, -0.2) is 0 Å². The number of methoxy groups -OCH3 is 2. The monoisotopic (exact) mass is 265 g/mol. The third-order valence-corrected chi connectivity index (χ3v) is 3.29. The molecular formula is C15H23NO3. The smallest absolute Gasteiger partial charge is 0.251 e. The minimum atomic E-state index is -0.0394. The normalized spacial score (nSPS) is 10.4. The molecule has 0 fully saturated rings. The third kappa shape index (κ3) is 3.70. The fourth-order valence-electron chi connectivity index (χ4n) is 2.12. The highest BCUT2D eigenvalue weighted by molar-refractivity contribution is 5.96. The van der Waals surface area contributed by atoms with Crippen LogP contribution in [0.2, 0.25) is 0 Å². The second kappa shape index (κ2) is 7.14. The molecule has 0 spiro atoms. The summed E-state index contributed by atoms with van der Waals surface area (Å²) in [5.41, 5.74) is 3.68. The Kier molecular flexibility index (Phi) is 5.83. The SMILES string of the molecule is COCCCNC(=O)c1cc(C)c(OC)c(C)c1C. The standard InChI is InChI=1S/C15H23NO3/c1-10-9-13(11(2)12(3)14(10)19-5)15(17)16-7-6-8-18-4/h9H,6-8H2,1-5H3,(H,16,17). The topological polar surface area (TPSA) is 47.6 Å². The summed E-state index contributed by atoms with van der Waals surface area (Å²) in [6.07, 6.45) is 0.815. The molecule has 0 atom stereocenters. The van der Waals surface area contributed by atoms with Crippen molar-refractivity contribution in [3.63, 3.8) is 0 Å². The van der Waals surface area contributed by atoms with Gasteiger partial charge < -0.3 is 14.8 Å². The largest absolute Gasteiger partial charge is 0.496 e. The molecule has 0 unspecified atom stereocenters. The van der Waals surface area contributed by atoms with Gasteiger partial charge in [-0.1, -0.05) is 0 Å². The average Bonchev–Trinajstić information content (AvgIpc) is 2.39. The van der Waals surface area contributed by atoms with Crippen molar-refractivity contribution in [2.24, 2.45) is 0 Å². The maximum absolute atomic E-state index is 12.1. The first-order chi connectivity index (χ1) is 9.02. The van der Waals surface area contributed by atoms with E-state index in [2.05, 4.69) is 5.32 Å². The van der Waals surface area contributed by atoms with Gasteiger partial charge in [-0.3, -0.25) is 4.79 Å². The summed E-state index contributed by atoms with van der Waals surface area (Å²) in [5.74, 6) is 0.816. The van der Waals surface area contributed by atoms with E-state index in [4.69, 9.17) is 9.47 Å². The van der Waals surface area contributed by atoms with E-state index in [9.17, 15) is 4.79 Å². The van der Waals surface area contributed by atoms with Gasteiger partial charge >= 0.3 is 0 Å². The van der Waals surface area contributed by atoms with Gasteiger partial charge in [0.15, 0.2) is 0 Å². The molecule has 0 aliphatic rings. The van der Waals surface area contributed by atoms with Crippen molar-refractivity contribution in [1.82, 2.24) is 5.32 Å². The zero-order chi connectivity index (χ0) is 14.4. The van der Waals surface area contributed by atoms with Crippen LogP contribution >= 0.6 is 0 Å². The van der Waals surface area contributed by atoms with Gasteiger partial charge in [0.05, 0.1) is 7.11 Å². The van der Waals surface area contributed by atoms with Gasteiger partial charge in [-0.15, -0.1) is 0 Å². The van der Waals surface area contributed by atoms with E-state index in [1.54, 1.807) is 14.2 Å². The number of rotatable bonds is 6. The Bertz CT molecular complexity index is 455. The number of carbonyl (C=O) groups is 1. The van der Waals surface area contributed by atoms with E-state index < -0.39 is 0 Å². The van der Waals surface area contributed by atoms with E-state index in [0.717, 1.165) is 28.9 Å². The van der Waals surface area contributed by atoms with Crippen molar-refractivity contribution < 1.29 is 14.3 Å². The first-order valence-electron chi connectivity index (χ1n) is 6.44. The summed E-state index contributed by atoms with van der Waals surface area (Å²) in [5, 5.41) is 2.91. The molecule has 4 nitrogen and oxygen atoms in total. The second-order valence-electron chi connectivity index (χ2n) is 4.63. The Labute approximate surface area is 115 Å². The predicted molar refractivity (Wildman–Crippen MR) is 76.0 cm³/mol. The highest BCUT2D eigenvalue weighted by Gasteiger charge is 2.15. The van der Waals surface area contributed by atoms with Crippen LogP contribution in [0.25, 0.3) is 0 Å². The van der Waals surface area contributed by atoms with E-state index in [-0.39, 0.29) is 5.91 Å². The Morgan fingerprint density at radius 1 is 1.21 bits per heavy atom. The van der Waals surface area contributed by atoms with Gasteiger partial charge in [-0.2, -0.15) is 0 Å². The molecular weight excluding hydrogens is 242 g/mol. The average molecular weight is 265 g/mol. The molecule has 0 aliphatic heterocycles. The van der Waals surface area contributed by atoms with E-state index in [1.807, 2.05) is 26.8 Å². The number of hydrogen-bond donors (Lipinski definition) is 1. The van der Waals surface area contributed by atoms with Crippen molar-refractivity contribution in [1.29, 1.82) is 0 Å². The maximum Gasteiger partial charge on any atom is 0.251 e.